The number of hydrogen-bond acceptors (Lipinski definition) is 4. The van der Waals surface area contributed by atoms with Crippen LogP contribution in [0.4, 0.5) is 10.1 Å². The molecule has 104 valence electrons. The van der Waals surface area contributed by atoms with Gasteiger partial charge in [0, 0.05) is 12.2 Å². The Balaban J connectivity index is 2.02. The van der Waals surface area contributed by atoms with Crippen LogP contribution < -0.4 is 5.32 Å². The molecule has 1 atom stereocenters. The summed E-state index contributed by atoms with van der Waals surface area (Å²) < 4.78 is 13.2. The fraction of sp³-hybridized carbons (Fsp3) is 0.125. The highest BCUT2D eigenvalue weighted by atomic mass is 19.1. The third-order valence-electron chi connectivity index (χ3n) is 3.01. The molecule has 0 aliphatic heterocycles. The van der Waals surface area contributed by atoms with Crippen molar-refractivity contribution in [3.63, 3.8) is 0 Å². The average molecular weight is 281 g/mol. The highest BCUT2D eigenvalue weighted by molar-refractivity contribution is 5.50. The van der Waals surface area contributed by atoms with Crippen LogP contribution in [0.15, 0.2) is 42.5 Å². The minimum absolute atomic E-state index is 0.0483. The van der Waals surface area contributed by atoms with Gasteiger partial charge in [-0.3, -0.25) is 0 Å². The first-order chi connectivity index (χ1) is 10.1. The summed E-state index contributed by atoms with van der Waals surface area (Å²) in [6.07, 6.45) is -0.770. The largest absolute Gasteiger partial charge is 0.387 e. The van der Waals surface area contributed by atoms with Gasteiger partial charge in [-0.05, 0) is 35.9 Å². The Kier molecular flexibility index (Phi) is 4.50. The van der Waals surface area contributed by atoms with E-state index in [1.807, 2.05) is 6.07 Å². The Morgan fingerprint density at radius 2 is 1.81 bits per heavy atom. The molecule has 5 heteroatoms. The fourth-order valence-electron chi connectivity index (χ4n) is 1.83. The molecule has 0 spiro atoms. The van der Waals surface area contributed by atoms with Crippen molar-refractivity contribution >= 4 is 5.69 Å². The van der Waals surface area contributed by atoms with Gasteiger partial charge in [0.15, 0.2) is 0 Å². The number of nitrogens with zero attached hydrogens (tertiary/aromatic N) is 2. The van der Waals surface area contributed by atoms with Crippen LogP contribution in [0.5, 0.6) is 0 Å². The Labute approximate surface area is 121 Å². The molecule has 0 aliphatic rings. The van der Waals surface area contributed by atoms with Crippen LogP contribution in [0.2, 0.25) is 0 Å². The number of halogens is 1. The maximum absolute atomic E-state index is 13.2. The Bertz CT molecular complexity index is 714. The molecule has 2 rings (SSSR count). The number of aliphatic hydroxyl groups excluding tert-OH is 1. The van der Waals surface area contributed by atoms with E-state index in [0.29, 0.717) is 16.8 Å². The van der Waals surface area contributed by atoms with E-state index in [4.69, 9.17) is 10.5 Å². The summed E-state index contributed by atoms with van der Waals surface area (Å²) in [5.41, 5.74) is 1.70. The zero-order valence-corrected chi connectivity index (χ0v) is 11.0. The van der Waals surface area contributed by atoms with E-state index in [1.54, 1.807) is 30.3 Å². The van der Waals surface area contributed by atoms with Gasteiger partial charge in [-0.25, -0.2) is 4.39 Å². The lowest BCUT2D eigenvalue weighted by Gasteiger charge is -2.13. The number of benzene rings is 2. The zero-order valence-electron chi connectivity index (χ0n) is 11.0. The van der Waals surface area contributed by atoms with Crippen LogP contribution >= 0.6 is 0 Å². The van der Waals surface area contributed by atoms with Gasteiger partial charge < -0.3 is 10.4 Å². The molecule has 0 saturated carbocycles. The Hall–Kier alpha value is -2.89. The van der Waals surface area contributed by atoms with Gasteiger partial charge in [-0.1, -0.05) is 12.1 Å². The third-order valence-corrected chi connectivity index (χ3v) is 3.01. The van der Waals surface area contributed by atoms with Crippen molar-refractivity contribution in [2.45, 2.75) is 6.10 Å². The van der Waals surface area contributed by atoms with Crippen LogP contribution in [-0.2, 0) is 0 Å². The number of rotatable bonds is 4. The van der Waals surface area contributed by atoms with E-state index < -0.39 is 11.9 Å². The van der Waals surface area contributed by atoms with Gasteiger partial charge in [0.2, 0.25) is 0 Å². The standard InChI is InChI=1S/C16H12FN3O/c17-15-6-5-14(7-13(15)9-19)20-10-16(21)12-3-1-11(8-18)2-4-12/h1-7,16,20-21H,10H2. The molecule has 2 aromatic rings. The smallest absolute Gasteiger partial charge is 0.141 e. The topological polar surface area (TPSA) is 79.8 Å². The molecule has 0 saturated heterocycles. The van der Waals surface area contributed by atoms with E-state index in [0.717, 1.165) is 0 Å². The second-order valence-corrected chi connectivity index (χ2v) is 4.44. The van der Waals surface area contributed by atoms with Gasteiger partial charge in [0.25, 0.3) is 0 Å². The quantitative estimate of drug-likeness (QED) is 0.903. The van der Waals surface area contributed by atoms with Crippen molar-refractivity contribution in [3.8, 4) is 12.1 Å². The van der Waals surface area contributed by atoms with Crippen LogP contribution in [0.3, 0.4) is 0 Å². The maximum atomic E-state index is 13.2. The van der Waals surface area contributed by atoms with E-state index in [-0.39, 0.29) is 12.1 Å². The predicted octanol–water partition coefficient (Wildman–Crippen LogP) is 2.71. The molecule has 2 aromatic carbocycles. The van der Waals surface area contributed by atoms with E-state index in [9.17, 15) is 9.50 Å². The van der Waals surface area contributed by atoms with Crippen molar-refractivity contribution in [1.29, 1.82) is 10.5 Å². The van der Waals surface area contributed by atoms with Gasteiger partial charge in [-0.2, -0.15) is 10.5 Å². The van der Waals surface area contributed by atoms with Crippen molar-refractivity contribution in [1.82, 2.24) is 0 Å². The van der Waals surface area contributed by atoms with Crippen molar-refractivity contribution in [2.75, 3.05) is 11.9 Å². The first-order valence-corrected chi connectivity index (χ1v) is 6.25. The Morgan fingerprint density at radius 3 is 2.43 bits per heavy atom. The van der Waals surface area contributed by atoms with Crippen molar-refractivity contribution in [3.05, 3.63) is 65.0 Å². The molecule has 0 fully saturated rings. The highest BCUT2D eigenvalue weighted by Crippen LogP contribution is 2.17. The van der Waals surface area contributed by atoms with Gasteiger partial charge >= 0.3 is 0 Å². The maximum Gasteiger partial charge on any atom is 0.141 e. The van der Waals surface area contributed by atoms with E-state index in [2.05, 4.69) is 5.32 Å². The molecule has 0 bridgehead atoms. The summed E-state index contributed by atoms with van der Waals surface area (Å²) in [5.74, 6) is -0.573. The Morgan fingerprint density at radius 1 is 1.10 bits per heavy atom. The second-order valence-electron chi connectivity index (χ2n) is 4.44. The van der Waals surface area contributed by atoms with Crippen LogP contribution in [-0.4, -0.2) is 11.7 Å². The minimum Gasteiger partial charge on any atom is -0.387 e. The summed E-state index contributed by atoms with van der Waals surface area (Å²) in [6.45, 7) is 0.211. The summed E-state index contributed by atoms with van der Waals surface area (Å²) in [4.78, 5) is 0. The number of anilines is 1. The van der Waals surface area contributed by atoms with Gasteiger partial charge in [0.05, 0.1) is 23.3 Å². The van der Waals surface area contributed by atoms with Gasteiger partial charge in [-0.15, -0.1) is 0 Å². The fourth-order valence-corrected chi connectivity index (χ4v) is 1.83. The molecule has 0 radical (unpaired) electrons. The molecule has 4 nitrogen and oxygen atoms in total. The molecule has 21 heavy (non-hydrogen) atoms. The van der Waals surface area contributed by atoms with Crippen molar-refractivity contribution < 1.29 is 9.50 Å². The average Bonchev–Trinajstić information content (AvgIpc) is 2.53. The first kappa shape index (κ1) is 14.5. The minimum atomic E-state index is -0.770. The predicted molar refractivity (Wildman–Crippen MR) is 75.7 cm³/mol. The summed E-state index contributed by atoms with van der Waals surface area (Å²) in [6, 6.07) is 14.5. The molecule has 0 aromatic heterocycles. The van der Waals surface area contributed by atoms with E-state index in [1.165, 1.54) is 18.2 Å². The normalized spacial score (nSPS) is 11.2. The number of nitriles is 2. The number of nitrogens with one attached hydrogen (secondary N) is 1. The first-order valence-electron chi connectivity index (χ1n) is 6.25. The second kappa shape index (κ2) is 6.51. The number of hydrogen-bond donors (Lipinski definition) is 2. The van der Waals surface area contributed by atoms with Gasteiger partial charge in [0.1, 0.15) is 11.9 Å². The molecule has 0 heterocycles. The van der Waals surface area contributed by atoms with Crippen LogP contribution in [0.1, 0.15) is 22.8 Å². The molecule has 2 N–H and O–H groups in total. The lowest BCUT2D eigenvalue weighted by Crippen LogP contribution is -2.12. The summed E-state index contributed by atoms with van der Waals surface area (Å²) >= 11 is 0. The van der Waals surface area contributed by atoms with Crippen LogP contribution in [0.25, 0.3) is 0 Å². The molecule has 1 unspecified atom stereocenters. The monoisotopic (exact) mass is 281 g/mol. The lowest BCUT2D eigenvalue weighted by atomic mass is 10.1. The summed E-state index contributed by atoms with van der Waals surface area (Å²) in [5, 5.41) is 30.4. The SMILES string of the molecule is N#Cc1ccc(C(O)CNc2ccc(F)c(C#N)c2)cc1. The molecular weight excluding hydrogens is 269 g/mol. The van der Waals surface area contributed by atoms with E-state index >= 15 is 0 Å². The molecular formula is C16H12FN3O. The molecule has 0 aliphatic carbocycles. The van der Waals surface area contributed by atoms with Crippen molar-refractivity contribution in [2.24, 2.45) is 0 Å². The van der Waals surface area contributed by atoms with Crippen LogP contribution in [0, 0.1) is 28.5 Å². The highest BCUT2D eigenvalue weighted by Gasteiger charge is 2.08. The third kappa shape index (κ3) is 3.56. The lowest BCUT2D eigenvalue weighted by molar-refractivity contribution is 0.191. The summed E-state index contributed by atoms with van der Waals surface area (Å²) in [7, 11) is 0. The zero-order chi connectivity index (χ0) is 15.2. The molecule has 0 amide bonds. The number of aliphatic hydroxyl groups is 1.